The lowest BCUT2D eigenvalue weighted by Crippen LogP contribution is -2.16. The molecule has 0 unspecified atom stereocenters. The van der Waals surface area contributed by atoms with Crippen LogP contribution in [-0.2, 0) is 9.84 Å². The van der Waals surface area contributed by atoms with Crippen LogP contribution in [-0.4, -0.2) is 26.2 Å². The average molecular weight is 320 g/mol. The monoisotopic (exact) mass is 320 g/mol. The molecule has 0 radical (unpaired) electrons. The lowest BCUT2D eigenvalue weighted by Gasteiger charge is -2.05. The molecule has 2 rings (SSSR count). The summed E-state index contributed by atoms with van der Waals surface area (Å²) in [6.45, 7) is 1.54. The number of sulfone groups is 1. The molecule has 0 aliphatic heterocycles. The van der Waals surface area contributed by atoms with Crippen LogP contribution < -0.4 is 0 Å². The zero-order chi connectivity index (χ0) is 16.5. The SMILES string of the molecule is Cc1cc(F)ccc1C(=O)C(=O)c1ccc(S(C)(=O)=O)cc1. The third kappa shape index (κ3) is 3.28. The first kappa shape index (κ1) is 16.0. The molecule has 0 fully saturated rings. The minimum absolute atomic E-state index is 0.0643. The molecular weight excluding hydrogens is 307 g/mol. The van der Waals surface area contributed by atoms with E-state index >= 15 is 0 Å². The molecule has 22 heavy (non-hydrogen) atoms. The summed E-state index contributed by atoms with van der Waals surface area (Å²) < 4.78 is 35.8. The first-order chi connectivity index (χ1) is 10.2. The molecule has 0 aliphatic carbocycles. The Labute approximate surface area is 127 Å². The third-order valence-electron chi connectivity index (χ3n) is 3.18. The smallest absolute Gasteiger partial charge is 0.233 e. The number of carbonyl (C=O) groups excluding carboxylic acids is 2. The number of aryl methyl sites for hydroxylation is 1. The van der Waals surface area contributed by atoms with Crippen LogP contribution in [0.25, 0.3) is 0 Å². The summed E-state index contributed by atoms with van der Waals surface area (Å²) >= 11 is 0. The van der Waals surface area contributed by atoms with Gasteiger partial charge in [-0.05, 0) is 55.0 Å². The van der Waals surface area contributed by atoms with E-state index in [0.29, 0.717) is 5.56 Å². The van der Waals surface area contributed by atoms with E-state index in [-0.39, 0.29) is 16.0 Å². The Kier molecular flexibility index (Phi) is 4.23. The van der Waals surface area contributed by atoms with Gasteiger partial charge in [-0.2, -0.15) is 0 Å². The summed E-state index contributed by atoms with van der Waals surface area (Å²) in [6, 6.07) is 8.66. The van der Waals surface area contributed by atoms with Crippen molar-refractivity contribution in [1.82, 2.24) is 0 Å². The number of hydrogen-bond acceptors (Lipinski definition) is 4. The van der Waals surface area contributed by atoms with E-state index in [2.05, 4.69) is 0 Å². The number of carbonyl (C=O) groups is 2. The normalized spacial score (nSPS) is 11.2. The largest absolute Gasteiger partial charge is 0.285 e. The van der Waals surface area contributed by atoms with Gasteiger partial charge in [0.25, 0.3) is 0 Å². The molecule has 2 aromatic rings. The van der Waals surface area contributed by atoms with Crippen LogP contribution in [0, 0.1) is 12.7 Å². The molecule has 6 heteroatoms. The maximum absolute atomic E-state index is 13.0. The number of rotatable bonds is 4. The summed E-state index contributed by atoms with van der Waals surface area (Å²) in [5.41, 5.74) is 0.575. The molecule has 0 bridgehead atoms. The van der Waals surface area contributed by atoms with Crippen LogP contribution in [0.2, 0.25) is 0 Å². The van der Waals surface area contributed by atoms with E-state index in [1.165, 1.54) is 43.3 Å². The second-order valence-corrected chi connectivity index (χ2v) is 6.93. The highest BCUT2D eigenvalue weighted by molar-refractivity contribution is 7.90. The van der Waals surface area contributed by atoms with Gasteiger partial charge in [-0.25, -0.2) is 12.8 Å². The summed E-state index contributed by atoms with van der Waals surface area (Å²) in [4.78, 5) is 24.4. The van der Waals surface area contributed by atoms with Gasteiger partial charge in [0.05, 0.1) is 4.90 Å². The second kappa shape index (κ2) is 5.81. The molecule has 0 N–H and O–H groups in total. The van der Waals surface area contributed by atoms with Gasteiger partial charge in [-0.1, -0.05) is 0 Å². The first-order valence-electron chi connectivity index (χ1n) is 6.35. The summed E-state index contributed by atoms with van der Waals surface area (Å²) in [5, 5.41) is 0. The molecule has 0 aliphatic rings. The van der Waals surface area contributed by atoms with Gasteiger partial charge >= 0.3 is 0 Å². The van der Waals surface area contributed by atoms with E-state index in [4.69, 9.17) is 0 Å². The lowest BCUT2D eigenvalue weighted by atomic mass is 9.98. The van der Waals surface area contributed by atoms with Crippen molar-refractivity contribution in [3.8, 4) is 0 Å². The molecule has 0 atom stereocenters. The molecule has 0 spiro atoms. The highest BCUT2D eigenvalue weighted by atomic mass is 32.2. The number of halogens is 1. The minimum atomic E-state index is -3.37. The van der Waals surface area contributed by atoms with Crippen LogP contribution in [0.15, 0.2) is 47.4 Å². The van der Waals surface area contributed by atoms with Crippen LogP contribution in [0.3, 0.4) is 0 Å². The summed E-state index contributed by atoms with van der Waals surface area (Å²) in [7, 11) is -3.37. The zero-order valence-corrected chi connectivity index (χ0v) is 12.8. The van der Waals surface area contributed by atoms with Gasteiger partial charge in [-0.15, -0.1) is 0 Å². The van der Waals surface area contributed by atoms with Crippen molar-refractivity contribution in [1.29, 1.82) is 0 Å². The first-order valence-corrected chi connectivity index (χ1v) is 8.24. The number of ketones is 2. The van der Waals surface area contributed by atoms with Gasteiger partial charge in [0.15, 0.2) is 9.84 Å². The van der Waals surface area contributed by atoms with Gasteiger partial charge in [-0.3, -0.25) is 9.59 Å². The molecule has 0 saturated heterocycles. The number of benzene rings is 2. The average Bonchev–Trinajstić information content (AvgIpc) is 2.45. The van der Waals surface area contributed by atoms with Gasteiger partial charge in [0, 0.05) is 17.4 Å². The molecule has 0 heterocycles. The fourth-order valence-electron chi connectivity index (χ4n) is 1.99. The zero-order valence-electron chi connectivity index (χ0n) is 12.0. The molecule has 2 aromatic carbocycles. The molecular formula is C16H13FO4S. The fourth-order valence-corrected chi connectivity index (χ4v) is 2.62. The van der Waals surface area contributed by atoms with E-state index < -0.39 is 27.2 Å². The van der Waals surface area contributed by atoms with E-state index in [1.807, 2.05) is 0 Å². The molecule has 0 amide bonds. The summed E-state index contributed by atoms with van der Waals surface area (Å²) in [5.74, 6) is -2.02. The topological polar surface area (TPSA) is 68.3 Å². The Balaban J connectivity index is 2.33. The standard InChI is InChI=1S/C16H13FO4S/c1-10-9-12(17)5-8-14(10)16(19)15(18)11-3-6-13(7-4-11)22(2,20)21/h3-9H,1-2H3. The molecule has 114 valence electrons. The number of hydrogen-bond donors (Lipinski definition) is 0. The maximum Gasteiger partial charge on any atom is 0.233 e. The van der Waals surface area contributed by atoms with E-state index in [1.54, 1.807) is 0 Å². The van der Waals surface area contributed by atoms with Gasteiger partial charge in [0.2, 0.25) is 11.6 Å². The Morgan fingerprint density at radius 1 is 0.955 bits per heavy atom. The molecule has 4 nitrogen and oxygen atoms in total. The van der Waals surface area contributed by atoms with Crippen molar-refractivity contribution in [3.63, 3.8) is 0 Å². The van der Waals surface area contributed by atoms with Crippen molar-refractivity contribution in [2.75, 3.05) is 6.26 Å². The van der Waals surface area contributed by atoms with Gasteiger partial charge in [0.1, 0.15) is 5.82 Å². The highest BCUT2D eigenvalue weighted by Crippen LogP contribution is 2.16. The molecule has 0 saturated carbocycles. The van der Waals surface area contributed by atoms with Crippen molar-refractivity contribution < 1.29 is 22.4 Å². The lowest BCUT2D eigenvalue weighted by molar-refractivity contribution is 0.0816. The summed E-state index contributed by atoms with van der Waals surface area (Å²) in [6.07, 6.45) is 1.05. The van der Waals surface area contributed by atoms with Crippen molar-refractivity contribution in [2.45, 2.75) is 11.8 Å². The quantitative estimate of drug-likeness (QED) is 0.641. The van der Waals surface area contributed by atoms with Crippen molar-refractivity contribution >= 4 is 21.4 Å². The Morgan fingerprint density at radius 3 is 2.05 bits per heavy atom. The third-order valence-corrected chi connectivity index (χ3v) is 4.31. The van der Waals surface area contributed by atoms with E-state index in [0.717, 1.165) is 12.3 Å². The fraction of sp³-hybridized carbons (Fsp3) is 0.125. The minimum Gasteiger partial charge on any atom is -0.285 e. The predicted molar refractivity (Wildman–Crippen MR) is 79.3 cm³/mol. The highest BCUT2D eigenvalue weighted by Gasteiger charge is 2.20. The van der Waals surface area contributed by atoms with Crippen LogP contribution in [0.4, 0.5) is 4.39 Å². The predicted octanol–water partition coefficient (Wildman–Crippen LogP) is 2.60. The van der Waals surface area contributed by atoms with Crippen LogP contribution in [0.1, 0.15) is 26.3 Å². The van der Waals surface area contributed by atoms with Gasteiger partial charge < -0.3 is 0 Å². The van der Waals surface area contributed by atoms with E-state index in [9.17, 15) is 22.4 Å². The maximum atomic E-state index is 13.0. The second-order valence-electron chi connectivity index (χ2n) is 4.91. The Hall–Kier alpha value is -2.34. The van der Waals surface area contributed by atoms with Crippen LogP contribution in [0.5, 0.6) is 0 Å². The van der Waals surface area contributed by atoms with Crippen LogP contribution >= 0.6 is 0 Å². The van der Waals surface area contributed by atoms with Crippen molar-refractivity contribution in [2.24, 2.45) is 0 Å². The van der Waals surface area contributed by atoms with Crippen molar-refractivity contribution in [3.05, 3.63) is 65.0 Å². The molecule has 0 aromatic heterocycles. The Morgan fingerprint density at radius 2 is 1.55 bits per heavy atom. The number of Topliss-reactive ketones (excluding diaryl/α,β-unsaturated/α-hetero) is 2. The Bertz CT molecular complexity index is 852.